The molecule has 1 spiro atoms. The van der Waals surface area contributed by atoms with Crippen LogP contribution in [0, 0.1) is 0 Å². The number of H-pyrrole nitrogens is 1. The summed E-state index contributed by atoms with van der Waals surface area (Å²) in [6.45, 7) is 2.69. The second-order valence-corrected chi connectivity index (χ2v) is 6.04. The quantitative estimate of drug-likeness (QED) is 0.822. The number of nitrogens with zero attached hydrogens (tertiary/aromatic N) is 2. The zero-order chi connectivity index (χ0) is 14.4. The van der Waals surface area contributed by atoms with Crippen LogP contribution in [0.5, 0.6) is 0 Å². The minimum absolute atomic E-state index is 0.206. The second kappa shape index (κ2) is 4.64. The lowest BCUT2D eigenvalue weighted by atomic mass is 9.93. The van der Waals surface area contributed by atoms with Crippen molar-refractivity contribution in [3.63, 3.8) is 0 Å². The van der Waals surface area contributed by atoms with Gasteiger partial charge in [-0.3, -0.25) is 9.59 Å². The van der Waals surface area contributed by atoms with E-state index in [4.69, 9.17) is 9.47 Å². The summed E-state index contributed by atoms with van der Waals surface area (Å²) < 4.78 is 11.1. The van der Waals surface area contributed by atoms with E-state index >= 15 is 0 Å². The first kappa shape index (κ1) is 13.0. The first-order valence-corrected chi connectivity index (χ1v) is 7.27. The predicted molar refractivity (Wildman–Crippen MR) is 72.2 cm³/mol. The van der Waals surface area contributed by atoms with Crippen LogP contribution in [0.4, 0.5) is 0 Å². The Morgan fingerprint density at radius 1 is 1.38 bits per heavy atom. The van der Waals surface area contributed by atoms with E-state index in [1.54, 1.807) is 4.90 Å². The Bertz CT molecular complexity index is 623. The van der Waals surface area contributed by atoms with Crippen molar-refractivity contribution < 1.29 is 14.3 Å². The molecule has 2 aliphatic heterocycles. The largest absolute Gasteiger partial charge is 0.376 e. The van der Waals surface area contributed by atoms with Crippen LogP contribution < -0.4 is 5.56 Å². The summed E-state index contributed by atoms with van der Waals surface area (Å²) in [6, 6.07) is 1.28. The molecule has 2 saturated heterocycles. The Hall–Kier alpha value is -1.73. The third-order valence-electron chi connectivity index (χ3n) is 4.19. The summed E-state index contributed by atoms with van der Waals surface area (Å²) in [6.07, 6.45) is 2.05. The van der Waals surface area contributed by atoms with Gasteiger partial charge < -0.3 is 19.4 Å². The van der Waals surface area contributed by atoms with Gasteiger partial charge >= 0.3 is 0 Å². The standard InChI is InChI=1S/C14H17N3O4/c18-11-5-10(15-12(16-11)9-1-2-9)13(19)17-6-14(7-17)8-20-3-4-21-14/h5,9H,1-4,6-8H2,(H,15,16,18). The lowest BCUT2D eigenvalue weighted by molar-refractivity contribution is -0.206. The van der Waals surface area contributed by atoms with Crippen LogP contribution in [0.2, 0.25) is 0 Å². The zero-order valence-corrected chi connectivity index (χ0v) is 11.6. The van der Waals surface area contributed by atoms with Crippen molar-refractivity contribution in [1.82, 2.24) is 14.9 Å². The molecule has 1 saturated carbocycles. The minimum atomic E-state index is -0.353. The fraction of sp³-hybridized carbons (Fsp3) is 0.643. The minimum Gasteiger partial charge on any atom is -0.376 e. The van der Waals surface area contributed by atoms with Gasteiger partial charge in [0.25, 0.3) is 11.5 Å². The van der Waals surface area contributed by atoms with E-state index in [9.17, 15) is 9.59 Å². The average Bonchev–Trinajstić information content (AvgIpc) is 3.29. The van der Waals surface area contributed by atoms with Gasteiger partial charge in [0.1, 0.15) is 17.1 Å². The number of hydrogen-bond donors (Lipinski definition) is 1. The summed E-state index contributed by atoms with van der Waals surface area (Å²) in [4.78, 5) is 32.8. The molecular formula is C14H17N3O4. The lowest BCUT2D eigenvalue weighted by Gasteiger charge is -2.50. The molecule has 0 bridgehead atoms. The highest BCUT2D eigenvalue weighted by molar-refractivity contribution is 5.93. The molecule has 1 aliphatic carbocycles. The number of aromatic amines is 1. The van der Waals surface area contributed by atoms with Gasteiger partial charge in [-0.25, -0.2) is 4.98 Å². The summed E-state index contributed by atoms with van der Waals surface area (Å²) in [5.41, 5.74) is -0.385. The number of aromatic nitrogens is 2. The van der Waals surface area contributed by atoms with Crippen LogP contribution in [0.1, 0.15) is 35.1 Å². The van der Waals surface area contributed by atoms with E-state index < -0.39 is 0 Å². The molecule has 1 amide bonds. The number of rotatable bonds is 2. The normalized spacial score (nSPS) is 23.9. The van der Waals surface area contributed by atoms with Crippen LogP contribution in [0.3, 0.4) is 0 Å². The van der Waals surface area contributed by atoms with Crippen molar-refractivity contribution in [1.29, 1.82) is 0 Å². The van der Waals surface area contributed by atoms with Gasteiger partial charge in [0.05, 0.1) is 32.9 Å². The molecule has 1 aromatic heterocycles. The monoisotopic (exact) mass is 291 g/mol. The average molecular weight is 291 g/mol. The number of ether oxygens (including phenoxy) is 2. The summed E-state index contributed by atoms with van der Waals surface area (Å²) in [5, 5.41) is 0. The molecule has 0 aromatic carbocycles. The maximum absolute atomic E-state index is 12.4. The molecule has 1 aromatic rings. The first-order chi connectivity index (χ1) is 10.2. The smallest absolute Gasteiger partial charge is 0.272 e. The van der Waals surface area contributed by atoms with E-state index in [1.807, 2.05) is 0 Å². The van der Waals surface area contributed by atoms with E-state index in [2.05, 4.69) is 9.97 Å². The topological polar surface area (TPSA) is 84.5 Å². The van der Waals surface area contributed by atoms with E-state index in [0.717, 1.165) is 12.8 Å². The van der Waals surface area contributed by atoms with Crippen LogP contribution in [0.15, 0.2) is 10.9 Å². The molecule has 0 unspecified atom stereocenters. The number of carbonyl (C=O) groups is 1. The van der Waals surface area contributed by atoms with Crippen LogP contribution in [-0.2, 0) is 9.47 Å². The van der Waals surface area contributed by atoms with E-state index in [0.29, 0.717) is 44.7 Å². The molecule has 21 heavy (non-hydrogen) atoms. The number of hydrogen-bond acceptors (Lipinski definition) is 5. The van der Waals surface area contributed by atoms with E-state index in [-0.39, 0.29) is 22.8 Å². The molecule has 7 heteroatoms. The molecule has 1 N–H and O–H groups in total. The van der Waals surface area contributed by atoms with Gasteiger partial charge in [0, 0.05) is 12.0 Å². The number of likely N-dealkylation sites (tertiary alicyclic amines) is 1. The van der Waals surface area contributed by atoms with Crippen molar-refractivity contribution in [2.45, 2.75) is 24.4 Å². The van der Waals surface area contributed by atoms with Gasteiger partial charge in [-0.2, -0.15) is 0 Å². The molecule has 112 valence electrons. The molecule has 0 radical (unpaired) electrons. The number of amides is 1. The Morgan fingerprint density at radius 3 is 2.86 bits per heavy atom. The third-order valence-corrected chi connectivity index (χ3v) is 4.19. The third kappa shape index (κ3) is 2.36. The summed E-state index contributed by atoms with van der Waals surface area (Å²) in [5.74, 6) is 0.740. The summed E-state index contributed by atoms with van der Waals surface area (Å²) >= 11 is 0. The highest BCUT2D eigenvalue weighted by atomic mass is 16.6. The SMILES string of the molecule is O=C(c1cc(=O)[nH]c(C2CC2)n1)N1CC2(COCCO2)C1. The molecule has 3 fully saturated rings. The van der Waals surface area contributed by atoms with Crippen LogP contribution in [-0.4, -0.2) is 59.3 Å². The highest BCUT2D eigenvalue weighted by Gasteiger charge is 2.48. The van der Waals surface area contributed by atoms with Crippen molar-refractivity contribution in [2.24, 2.45) is 0 Å². The molecule has 3 aliphatic rings. The summed E-state index contributed by atoms with van der Waals surface area (Å²) in [7, 11) is 0. The van der Waals surface area contributed by atoms with Gasteiger partial charge in [0.2, 0.25) is 0 Å². The number of nitrogens with one attached hydrogen (secondary N) is 1. The Kier molecular flexibility index (Phi) is 2.87. The van der Waals surface area contributed by atoms with E-state index in [1.165, 1.54) is 6.07 Å². The predicted octanol–water partition coefficient (Wildman–Crippen LogP) is -0.111. The van der Waals surface area contributed by atoms with Gasteiger partial charge in [-0.15, -0.1) is 0 Å². The van der Waals surface area contributed by atoms with Crippen LogP contribution >= 0.6 is 0 Å². The van der Waals surface area contributed by atoms with Gasteiger partial charge in [0.15, 0.2) is 0 Å². The molecule has 4 rings (SSSR count). The zero-order valence-electron chi connectivity index (χ0n) is 11.6. The van der Waals surface area contributed by atoms with Crippen molar-refractivity contribution >= 4 is 5.91 Å². The Labute approximate surface area is 121 Å². The lowest BCUT2D eigenvalue weighted by Crippen LogP contribution is -2.68. The molecule has 7 nitrogen and oxygen atoms in total. The maximum atomic E-state index is 12.4. The Morgan fingerprint density at radius 2 is 2.19 bits per heavy atom. The van der Waals surface area contributed by atoms with Crippen molar-refractivity contribution in [3.05, 3.63) is 27.9 Å². The molecule has 0 atom stereocenters. The Balaban J connectivity index is 1.49. The van der Waals surface area contributed by atoms with Gasteiger partial charge in [-0.1, -0.05) is 0 Å². The highest BCUT2D eigenvalue weighted by Crippen LogP contribution is 2.37. The fourth-order valence-corrected chi connectivity index (χ4v) is 2.89. The molecule has 3 heterocycles. The first-order valence-electron chi connectivity index (χ1n) is 7.27. The second-order valence-electron chi connectivity index (χ2n) is 6.04. The van der Waals surface area contributed by atoms with Crippen molar-refractivity contribution in [3.8, 4) is 0 Å². The van der Waals surface area contributed by atoms with Crippen LogP contribution in [0.25, 0.3) is 0 Å². The maximum Gasteiger partial charge on any atom is 0.272 e. The fourth-order valence-electron chi connectivity index (χ4n) is 2.89. The number of carbonyl (C=O) groups excluding carboxylic acids is 1. The van der Waals surface area contributed by atoms with Gasteiger partial charge in [-0.05, 0) is 12.8 Å². The molecular weight excluding hydrogens is 274 g/mol. The van der Waals surface area contributed by atoms with Crippen molar-refractivity contribution in [2.75, 3.05) is 32.9 Å².